The van der Waals surface area contributed by atoms with E-state index in [2.05, 4.69) is 44.0 Å². The molecule has 0 radical (unpaired) electrons. The number of methoxy groups -OCH3 is 1. The summed E-state index contributed by atoms with van der Waals surface area (Å²) in [4.78, 5) is 15.8. The molecule has 3 rings (SSSR count). The first-order valence-corrected chi connectivity index (χ1v) is 13.4. The minimum absolute atomic E-state index is 0.0806. The van der Waals surface area contributed by atoms with Crippen molar-refractivity contribution in [3.8, 4) is 17.1 Å². The van der Waals surface area contributed by atoms with Gasteiger partial charge in [0.1, 0.15) is 12.3 Å². The number of esters is 1. The van der Waals surface area contributed by atoms with Crippen molar-refractivity contribution < 1.29 is 23.2 Å². The molecule has 0 saturated heterocycles. The van der Waals surface area contributed by atoms with Crippen LogP contribution in [0.1, 0.15) is 42.5 Å². The summed E-state index contributed by atoms with van der Waals surface area (Å²) >= 11 is 0. The van der Waals surface area contributed by atoms with Crippen LogP contribution < -0.4 is 4.74 Å². The van der Waals surface area contributed by atoms with Gasteiger partial charge >= 0.3 is 5.97 Å². The summed E-state index contributed by atoms with van der Waals surface area (Å²) in [6, 6.07) is 13.1. The van der Waals surface area contributed by atoms with E-state index >= 15 is 0 Å². The lowest BCUT2D eigenvalue weighted by molar-refractivity contribution is 0.0600. The summed E-state index contributed by atoms with van der Waals surface area (Å²) < 4.78 is 22.7. The molecule has 8 heteroatoms. The number of carbonyl (C=O) groups excluding carboxylic acids is 1. The zero-order valence-corrected chi connectivity index (χ0v) is 20.5. The van der Waals surface area contributed by atoms with Crippen LogP contribution in [0.5, 0.6) is 5.88 Å². The molecular formula is C24H30N2O5Si. The highest BCUT2D eigenvalue weighted by Crippen LogP contribution is 2.37. The van der Waals surface area contributed by atoms with Gasteiger partial charge < -0.3 is 18.4 Å². The average Bonchev–Trinajstić information content (AvgIpc) is 3.18. The number of pyridine rings is 1. The van der Waals surface area contributed by atoms with E-state index < -0.39 is 14.3 Å². The van der Waals surface area contributed by atoms with Gasteiger partial charge in [-0.25, -0.2) is 9.78 Å². The van der Waals surface area contributed by atoms with Gasteiger partial charge in [0.2, 0.25) is 5.88 Å². The smallest absolute Gasteiger partial charge is 0.339 e. The third-order valence-corrected chi connectivity index (χ3v) is 10.3. The lowest BCUT2D eigenvalue weighted by Gasteiger charge is -2.35. The molecule has 32 heavy (non-hydrogen) atoms. The molecule has 0 aliphatic carbocycles. The maximum Gasteiger partial charge on any atom is 0.339 e. The monoisotopic (exact) mass is 454 g/mol. The highest BCUT2D eigenvalue weighted by Gasteiger charge is 2.37. The fourth-order valence-corrected chi connectivity index (χ4v) is 3.67. The first-order valence-electron chi connectivity index (χ1n) is 10.5. The number of rotatable bonds is 8. The van der Waals surface area contributed by atoms with Crippen LogP contribution in [-0.4, -0.2) is 31.5 Å². The predicted molar refractivity (Wildman–Crippen MR) is 124 cm³/mol. The maximum atomic E-state index is 11.6. The average molecular weight is 455 g/mol. The first-order chi connectivity index (χ1) is 15.1. The zero-order valence-electron chi connectivity index (χ0n) is 19.5. The van der Waals surface area contributed by atoms with E-state index in [4.69, 9.17) is 18.4 Å². The second-order valence-corrected chi connectivity index (χ2v) is 13.8. The standard InChI is InChI=1S/C24H30N2O5Si/c1-24(2,3)32(5,6)30-16-20-19(22(26-31-20)17-10-8-7-9-11-17)15-29-21-13-12-18(14-25-21)23(27)28-4/h7-14H,15-16H2,1-6H3. The Kier molecular flexibility index (Phi) is 7.15. The Morgan fingerprint density at radius 1 is 1.06 bits per heavy atom. The largest absolute Gasteiger partial charge is 0.473 e. The minimum atomic E-state index is -1.97. The van der Waals surface area contributed by atoms with E-state index in [1.165, 1.54) is 13.3 Å². The molecule has 0 unspecified atom stereocenters. The lowest BCUT2D eigenvalue weighted by atomic mass is 10.1. The summed E-state index contributed by atoms with van der Waals surface area (Å²) in [5.41, 5.74) is 2.82. The Morgan fingerprint density at radius 3 is 2.38 bits per heavy atom. The molecule has 0 bridgehead atoms. The molecule has 0 amide bonds. The normalized spacial score (nSPS) is 11.9. The topological polar surface area (TPSA) is 83.7 Å². The van der Waals surface area contributed by atoms with Crippen molar-refractivity contribution in [2.75, 3.05) is 7.11 Å². The fraction of sp³-hybridized carbons (Fsp3) is 0.375. The number of aromatic nitrogens is 2. The second-order valence-electron chi connectivity index (χ2n) is 9.01. The number of ether oxygens (including phenoxy) is 2. The molecule has 7 nitrogen and oxygen atoms in total. The molecule has 0 fully saturated rings. The van der Waals surface area contributed by atoms with Crippen LogP contribution in [0, 0.1) is 0 Å². The number of nitrogens with zero attached hydrogens (tertiary/aromatic N) is 2. The molecule has 1 aromatic carbocycles. The van der Waals surface area contributed by atoms with Gasteiger partial charge in [-0.3, -0.25) is 0 Å². The summed E-state index contributed by atoms with van der Waals surface area (Å²) in [6.07, 6.45) is 1.42. The second kappa shape index (κ2) is 9.66. The van der Waals surface area contributed by atoms with Gasteiger partial charge in [-0.05, 0) is 24.2 Å². The Morgan fingerprint density at radius 2 is 1.78 bits per heavy atom. The third kappa shape index (κ3) is 5.44. The van der Waals surface area contributed by atoms with Crippen LogP contribution in [0.4, 0.5) is 0 Å². The molecule has 170 valence electrons. The number of benzene rings is 1. The van der Waals surface area contributed by atoms with Crippen LogP contribution in [0.3, 0.4) is 0 Å². The van der Waals surface area contributed by atoms with Gasteiger partial charge in [0, 0.05) is 17.8 Å². The van der Waals surface area contributed by atoms with Gasteiger partial charge in [0.15, 0.2) is 14.1 Å². The first kappa shape index (κ1) is 23.7. The molecule has 0 aliphatic rings. The van der Waals surface area contributed by atoms with Gasteiger partial charge in [-0.2, -0.15) is 0 Å². The van der Waals surface area contributed by atoms with Crippen LogP contribution in [0.15, 0.2) is 53.2 Å². The van der Waals surface area contributed by atoms with Crippen LogP contribution >= 0.6 is 0 Å². The Bertz CT molecular complexity index is 1040. The van der Waals surface area contributed by atoms with Crippen molar-refractivity contribution in [1.82, 2.24) is 10.1 Å². The summed E-state index contributed by atoms with van der Waals surface area (Å²) in [6.45, 7) is 11.5. The van der Waals surface area contributed by atoms with Crippen LogP contribution in [0.25, 0.3) is 11.3 Å². The van der Waals surface area contributed by atoms with Crippen molar-refractivity contribution in [3.05, 3.63) is 65.5 Å². The molecule has 0 saturated carbocycles. The summed E-state index contributed by atoms with van der Waals surface area (Å²) in [5.74, 6) is 0.577. The molecule has 0 atom stereocenters. The molecule has 0 spiro atoms. The molecule has 0 aliphatic heterocycles. The Balaban J connectivity index is 1.83. The third-order valence-electron chi connectivity index (χ3n) is 5.81. The fourth-order valence-electron chi connectivity index (χ4n) is 2.74. The molecule has 0 N–H and O–H groups in total. The van der Waals surface area contributed by atoms with E-state index in [1.807, 2.05) is 30.3 Å². The summed E-state index contributed by atoms with van der Waals surface area (Å²) in [5, 5.41) is 4.39. The molecule has 2 heterocycles. The Hall–Kier alpha value is -2.97. The number of hydrogen-bond donors (Lipinski definition) is 0. The molecule has 3 aromatic rings. The van der Waals surface area contributed by atoms with E-state index in [-0.39, 0.29) is 11.6 Å². The molecular weight excluding hydrogens is 424 g/mol. The minimum Gasteiger partial charge on any atom is -0.473 e. The van der Waals surface area contributed by atoms with Gasteiger partial charge in [-0.15, -0.1) is 0 Å². The quantitative estimate of drug-likeness (QED) is 0.322. The molecule has 2 aromatic heterocycles. The van der Waals surface area contributed by atoms with E-state index in [0.717, 1.165) is 11.1 Å². The maximum absolute atomic E-state index is 11.6. The van der Waals surface area contributed by atoms with Crippen molar-refractivity contribution >= 4 is 14.3 Å². The summed E-state index contributed by atoms with van der Waals surface area (Å²) in [7, 11) is -0.643. The zero-order chi connectivity index (χ0) is 23.4. The van der Waals surface area contributed by atoms with Crippen LogP contribution in [-0.2, 0) is 22.4 Å². The van der Waals surface area contributed by atoms with Gasteiger partial charge in [0.05, 0.1) is 24.8 Å². The van der Waals surface area contributed by atoms with Crippen molar-refractivity contribution in [2.45, 2.75) is 52.1 Å². The van der Waals surface area contributed by atoms with Crippen molar-refractivity contribution in [1.29, 1.82) is 0 Å². The van der Waals surface area contributed by atoms with Crippen molar-refractivity contribution in [3.63, 3.8) is 0 Å². The van der Waals surface area contributed by atoms with Crippen molar-refractivity contribution in [2.24, 2.45) is 0 Å². The highest BCUT2D eigenvalue weighted by atomic mass is 28.4. The SMILES string of the molecule is COC(=O)c1ccc(OCc2c(-c3ccccc3)noc2CO[Si](C)(C)C(C)(C)C)nc1. The van der Waals surface area contributed by atoms with Crippen LogP contribution in [0.2, 0.25) is 18.1 Å². The predicted octanol–water partition coefficient (Wildman–Crippen LogP) is 5.62. The van der Waals surface area contributed by atoms with E-state index in [0.29, 0.717) is 29.5 Å². The van der Waals surface area contributed by atoms with E-state index in [1.54, 1.807) is 12.1 Å². The van der Waals surface area contributed by atoms with E-state index in [9.17, 15) is 4.79 Å². The Labute approximate surface area is 189 Å². The highest BCUT2D eigenvalue weighted by molar-refractivity contribution is 6.74. The lowest BCUT2D eigenvalue weighted by Crippen LogP contribution is -2.40. The van der Waals surface area contributed by atoms with Gasteiger partial charge in [-0.1, -0.05) is 56.3 Å². The number of carbonyl (C=O) groups is 1. The van der Waals surface area contributed by atoms with Gasteiger partial charge in [0.25, 0.3) is 0 Å². The number of hydrogen-bond acceptors (Lipinski definition) is 7.